The number of carbonyl (C=O) groups excluding carboxylic acids is 2. The number of rotatable bonds is 5. The topological polar surface area (TPSA) is 87.2 Å². The van der Waals surface area contributed by atoms with E-state index in [9.17, 15) is 9.59 Å². The molecule has 1 aromatic rings. The largest absolute Gasteiger partial charge is 0.465 e. The molecule has 0 N–H and O–H groups in total. The van der Waals surface area contributed by atoms with Gasteiger partial charge < -0.3 is 18.9 Å². The van der Waals surface area contributed by atoms with Gasteiger partial charge in [-0.1, -0.05) is 0 Å². The molecule has 0 aliphatic carbocycles. The van der Waals surface area contributed by atoms with E-state index in [2.05, 4.69) is 4.98 Å². The van der Waals surface area contributed by atoms with Crippen molar-refractivity contribution in [1.29, 1.82) is 0 Å². The fraction of sp³-hybridized carbons (Fsp3) is 0.562. The van der Waals surface area contributed by atoms with E-state index in [0.29, 0.717) is 0 Å². The van der Waals surface area contributed by atoms with E-state index in [1.165, 1.54) is 45.4 Å². The highest BCUT2D eigenvalue weighted by atomic mass is 16.7. The second kappa shape index (κ2) is 8.07. The summed E-state index contributed by atoms with van der Waals surface area (Å²) in [5, 5.41) is 0. The van der Waals surface area contributed by atoms with Gasteiger partial charge in [-0.3, -0.25) is 4.90 Å². The lowest BCUT2D eigenvalue weighted by Gasteiger charge is -2.25. The molecule has 134 valence electrons. The summed E-state index contributed by atoms with van der Waals surface area (Å²) in [5.74, 6) is -0.297. The molecule has 0 atom stereocenters. The van der Waals surface area contributed by atoms with Gasteiger partial charge in [-0.2, -0.15) is 0 Å². The average Bonchev–Trinajstić information content (AvgIpc) is 2.52. The summed E-state index contributed by atoms with van der Waals surface area (Å²) in [6.07, 6.45) is -1.45. The Morgan fingerprint density at radius 3 is 2.17 bits per heavy atom. The highest BCUT2D eigenvalue weighted by Gasteiger charge is 2.26. The van der Waals surface area contributed by atoms with Crippen LogP contribution in [-0.4, -0.2) is 51.0 Å². The predicted octanol–water partition coefficient (Wildman–Crippen LogP) is 2.53. The minimum Gasteiger partial charge on any atom is -0.465 e. The Morgan fingerprint density at radius 2 is 1.71 bits per heavy atom. The number of ether oxygens (including phenoxy) is 4. The van der Waals surface area contributed by atoms with Gasteiger partial charge in [-0.05, 0) is 32.9 Å². The molecule has 0 aliphatic heterocycles. The Labute approximate surface area is 141 Å². The minimum absolute atomic E-state index is 0.188. The molecule has 0 saturated heterocycles. The van der Waals surface area contributed by atoms with Gasteiger partial charge in [-0.25, -0.2) is 14.6 Å². The number of nitrogens with zero attached hydrogens (tertiary/aromatic N) is 2. The first-order valence-corrected chi connectivity index (χ1v) is 7.26. The van der Waals surface area contributed by atoms with E-state index in [0.717, 1.165) is 0 Å². The van der Waals surface area contributed by atoms with Crippen LogP contribution in [-0.2, 0) is 18.9 Å². The molecule has 1 amide bonds. The molecule has 1 heterocycles. The normalized spacial score (nSPS) is 11.3. The standard InChI is InChI=1S/C16H24N2O6/c1-16(2,3)24-15(20)18(4)11-9-8-10(13(19)21-5)12(17-11)14(22-6)23-7/h8-9,14H,1-7H3. The van der Waals surface area contributed by atoms with Gasteiger partial charge in [0.05, 0.1) is 12.7 Å². The zero-order valence-electron chi connectivity index (χ0n) is 15.1. The van der Waals surface area contributed by atoms with Gasteiger partial charge in [0.1, 0.15) is 17.1 Å². The predicted molar refractivity (Wildman–Crippen MR) is 87.0 cm³/mol. The van der Waals surface area contributed by atoms with Crippen molar-refractivity contribution < 1.29 is 28.5 Å². The third-order valence-electron chi connectivity index (χ3n) is 2.98. The molecule has 0 aromatic carbocycles. The summed E-state index contributed by atoms with van der Waals surface area (Å²) < 4.78 is 20.4. The monoisotopic (exact) mass is 340 g/mol. The van der Waals surface area contributed by atoms with Crippen LogP contribution in [0.25, 0.3) is 0 Å². The Bertz CT molecular complexity index is 593. The summed E-state index contributed by atoms with van der Waals surface area (Å²) in [5.41, 5.74) is -0.242. The number of carbonyl (C=O) groups is 2. The van der Waals surface area contributed by atoms with E-state index in [4.69, 9.17) is 18.9 Å². The third kappa shape index (κ3) is 4.90. The van der Waals surface area contributed by atoms with Crippen molar-refractivity contribution in [3.63, 3.8) is 0 Å². The van der Waals surface area contributed by atoms with E-state index in [1.54, 1.807) is 20.8 Å². The maximum atomic E-state index is 12.2. The fourth-order valence-electron chi connectivity index (χ4n) is 1.86. The first-order valence-electron chi connectivity index (χ1n) is 7.26. The molecule has 0 unspecified atom stereocenters. The smallest absolute Gasteiger partial charge is 0.415 e. The summed E-state index contributed by atoms with van der Waals surface area (Å²) in [7, 11) is 5.62. The molecule has 1 aromatic heterocycles. The first kappa shape index (κ1) is 19.9. The fourth-order valence-corrected chi connectivity index (χ4v) is 1.86. The van der Waals surface area contributed by atoms with Crippen molar-refractivity contribution in [2.75, 3.05) is 33.3 Å². The number of aromatic nitrogens is 1. The van der Waals surface area contributed by atoms with Crippen molar-refractivity contribution >= 4 is 17.9 Å². The van der Waals surface area contributed by atoms with Gasteiger partial charge in [0.2, 0.25) is 6.29 Å². The highest BCUT2D eigenvalue weighted by molar-refractivity contribution is 5.92. The number of methoxy groups -OCH3 is 3. The van der Waals surface area contributed by atoms with E-state index >= 15 is 0 Å². The lowest BCUT2D eigenvalue weighted by Crippen LogP contribution is -2.35. The minimum atomic E-state index is -0.883. The van der Waals surface area contributed by atoms with Crippen molar-refractivity contribution in [2.24, 2.45) is 0 Å². The summed E-state index contributed by atoms with van der Waals surface area (Å²) in [6, 6.07) is 3.01. The lowest BCUT2D eigenvalue weighted by molar-refractivity contribution is -0.109. The van der Waals surface area contributed by atoms with Crippen LogP contribution in [0.2, 0.25) is 0 Å². The number of hydrogen-bond donors (Lipinski definition) is 0. The third-order valence-corrected chi connectivity index (χ3v) is 2.98. The van der Waals surface area contributed by atoms with Crippen molar-refractivity contribution in [3.05, 3.63) is 23.4 Å². The van der Waals surface area contributed by atoms with Gasteiger partial charge in [0, 0.05) is 21.3 Å². The molecule has 24 heavy (non-hydrogen) atoms. The van der Waals surface area contributed by atoms with Crippen LogP contribution in [0.15, 0.2) is 12.1 Å². The molecular weight excluding hydrogens is 316 g/mol. The van der Waals surface area contributed by atoms with E-state index < -0.39 is 24.0 Å². The zero-order valence-corrected chi connectivity index (χ0v) is 15.1. The van der Waals surface area contributed by atoms with Crippen LogP contribution in [0.3, 0.4) is 0 Å². The zero-order chi connectivity index (χ0) is 18.5. The number of anilines is 1. The second-order valence-electron chi connectivity index (χ2n) is 5.94. The van der Waals surface area contributed by atoms with Gasteiger partial charge in [0.25, 0.3) is 0 Å². The van der Waals surface area contributed by atoms with Crippen LogP contribution in [0.4, 0.5) is 10.6 Å². The first-order chi connectivity index (χ1) is 11.1. The van der Waals surface area contributed by atoms with E-state index in [-0.39, 0.29) is 17.1 Å². The Balaban J connectivity index is 3.24. The number of pyridine rings is 1. The number of hydrogen-bond acceptors (Lipinski definition) is 7. The summed E-state index contributed by atoms with van der Waals surface area (Å²) >= 11 is 0. The molecule has 1 rings (SSSR count). The lowest BCUT2D eigenvalue weighted by atomic mass is 10.1. The molecule has 8 heteroatoms. The Morgan fingerprint density at radius 1 is 1.12 bits per heavy atom. The highest BCUT2D eigenvalue weighted by Crippen LogP contribution is 2.24. The van der Waals surface area contributed by atoms with Gasteiger partial charge in [-0.15, -0.1) is 0 Å². The van der Waals surface area contributed by atoms with Crippen LogP contribution in [0.1, 0.15) is 43.1 Å². The van der Waals surface area contributed by atoms with Crippen molar-refractivity contribution in [3.8, 4) is 0 Å². The average molecular weight is 340 g/mol. The molecule has 0 saturated carbocycles. The van der Waals surface area contributed by atoms with Crippen LogP contribution in [0, 0.1) is 0 Å². The molecule has 0 aliphatic rings. The SMILES string of the molecule is COC(=O)c1ccc(N(C)C(=O)OC(C)(C)C)nc1C(OC)OC. The molecule has 0 radical (unpaired) electrons. The van der Waals surface area contributed by atoms with Crippen LogP contribution < -0.4 is 4.90 Å². The number of esters is 1. The van der Waals surface area contributed by atoms with Crippen molar-refractivity contribution in [2.45, 2.75) is 32.7 Å². The maximum Gasteiger partial charge on any atom is 0.415 e. The molecule has 0 fully saturated rings. The molecule has 0 spiro atoms. The Hall–Kier alpha value is -2.19. The van der Waals surface area contributed by atoms with Gasteiger partial charge >= 0.3 is 12.1 Å². The Kier molecular flexibility index (Phi) is 6.68. The number of amides is 1. The van der Waals surface area contributed by atoms with Crippen molar-refractivity contribution in [1.82, 2.24) is 4.98 Å². The van der Waals surface area contributed by atoms with Gasteiger partial charge in [0.15, 0.2) is 0 Å². The van der Waals surface area contributed by atoms with E-state index in [1.807, 2.05) is 0 Å². The van der Waals surface area contributed by atoms with Crippen LogP contribution in [0.5, 0.6) is 0 Å². The molecule has 0 bridgehead atoms. The quantitative estimate of drug-likeness (QED) is 0.601. The van der Waals surface area contributed by atoms with Crippen LogP contribution >= 0.6 is 0 Å². The molecular formula is C16H24N2O6. The maximum absolute atomic E-state index is 12.2. The second-order valence-corrected chi connectivity index (χ2v) is 5.94. The molecule has 8 nitrogen and oxygen atoms in total. The summed E-state index contributed by atoms with van der Waals surface area (Å²) in [6.45, 7) is 5.30. The summed E-state index contributed by atoms with van der Waals surface area (Å²) in [4.78, 5) is 29.6.